The van der Waals surface area contributed by atoms with Crippen LogP contribution >= 0.6 is 24.0 Å². The Hall–Kier alpha value is -0.0800. The van der Waals surface area contributed by atoms with Gasteiger partial charge in [-0.2, -0.15) is 0 Å². The van der Waals surface area contributed by atoms with Crippen LogP contribution in [0.5, 0.6) is 0 Å². The summed E-state index contributed by atoms with van der Waals surface area (Å²) in [6.07, 6.45) is 7.11. The molecule has 146 valence electrons. The highest BCUT2D eigenvalue weighted by atomic mass is 127. The number of likely N-dealkylation sites (tertiary alicyclic amines) is 1. The number of hydrogen-bond acceptors (Lipinski definition) is 3. The summed E-state index contributed by atoms with van der Waals surface area (Å²) in [4.78, 5) is 12.6. The molecule has 1 spiro atoms. The minimum atomic E-state index is 0. The predicted molar refractivity (Wildman–Crippen MR) is 117 cm³/mol. The average Bonchev–Trinajstić information content (AvgIpc) is 3.25. The van der Waals surface area contributed by atoms with E-state index in [4.69, 9.17) is 4.99 Å². The highest BCUT2D eigenvalue weighted by molar-refractivity contribution is 14.0. The lowest BCUT2D eigenvalue weighted by Crippen LogP contribution is -2.47. The smallest absolute Gasteiger partial charge is 0.193 e. The summed E-state index contributed by atoms with van der Waals surface area (Å²) in [5, 5.41) is 3.53. The van der Waals surface area contributed by atoms with Gasteiger partial charge in [0.15, 0.2) is 5.96 Å². The standard InChI is InChI=1S/C19H37N5.HI/c1-3-20-18(24-11-9-19(17-24)7-5-6-8-19)21-10-12-23-15-13-22(4-2)14-16-23;/h3-17H2,1-2H3,(H,20,21);1H. The number of likely N-dealkylation sites (N-methyl/N-ethyl adjacent to an activating group) is 1. The van der Waals surface area contributed by atoms with Crippen molar-refractivity contribution in [3.63, 3.8) is 0 Å². The molecule has 3 rings (SSSR count). The van der Waals surface area contributed by atoms with Gasteiger partial charge in [0, 0.05) is 52.4 Å². The van der Waals surface area contributed by atoms with Crippen molar-refractivity contribution in [1.29, 1.82) is 0 Å². The number of guanidine groups is 1. The zero-order valence-corrected chi connectivity index (χ0v) is 18.6. The molecule has 5 nitrogen and oxygen atoms in total. The SMILES string of the molecule is CCNC(=NCCN1CCN(CC)CC1)N1CCC2(CCCC2)C1.I. The Balaban J connectivity index is 0.00000225. The van der Waals surface area contributed by atoms with Crippen LogP contribution in [-0.4, -0.2) is 86.1 Å². The number of halogens is 1. The monoisotopic (exact) mass is 463 g/mol. The van der Waals surface area contributed by atoms with Crippen molar-refractivity contribution in [3.05, 3.63) is 0 Å². The lowest BCUT2D eigenvalue weighted by atomic mass is 9.86. The fraction of sp³-hybridized carbons (Fsp3) is 0.947. The van der Waals surface area contributed by atoms with Gasteiger partial charge in [-0.3, -0.25) is 9.89 Å². The molecular formula is C19H38IN5. The van der Waals surface area contributed by atoms with Crippen molar-refractivity contribution in [2.75, 3.05) is 65.4 Å². The molecule has 0 unspecified atom stereocenters. The normalized spacial score (nSPS) is 24.7. The lowest BCUT2D eigenvalue weighted by molar-refractivity contribution is 0.140. The summed E-state index contributed by atoms with van der Waals surface area (Å²) >= 11 is 0. The van der Waals surface area contributed by atoms with Gasteiger partial charge < -0.3 is 15.1 Å². The number of hydrogen-bond donors (Lipinski definition) is 1. The Morgan fingerprint density at radius 3 is 2.28 bits per heavy atom. The van der Waals surface area contributed by atoms with Crippen LogP contribution in [0.4, 0.5) is 0 Å². The van der Waals surface area contributed by atoms with Gasteiger partial charge in [-0.25, -0.2) is 0 Å². The molecule has 1 aliphatic carbocycles. The fourth-order valence-electron chi connectivity index (χ4n) is 4.70. The van der Waals surface area contributed by atoms with E-state index in [1.54, 1.807) is 0 Å². The van der Waals surface area contributed by atoms with Crippen molar-refractivity contribution in [3.8, 4) is 0 Å². The average molecular weight is 463 g/mol. The van der Waals surface area contributed by atoms with Gasteiger partial charge in [0.25, 0.3) is 0 Å². The largest absolute Gasteiger partial charge is 0.357 e. The third kappa shape index (κ3) is 5.70. The van der Waals surface area contributed by atoms with Crippen molar-refractivity contribution in [2.45, 2.75) is 46.0 Å². The topological polar surface area (TPSA) is 34.1 Å². The van der Waals surface area contributed by atoms with Gasteiger partial charge in [-0.1, -0.05) is 19.8 Å². The lowest BCUT2D eigenvalue weighted by Gasteiger charge is -2.33. The first-order valence-electron chi connectivity index (χ1n) is 10.2. The summed E-state index contributed by atoms with van der Waals surface area (Å²) in [5.74, 6) is 1.16. The predicted octanol–water partition coefficient (Wildman–Crippen LogP) is 2.47. The Kier molecular flexibility index (Phi) is 8.75. The molecule has 1 N–H and O–H groups in total. The maximum Gasteiger partial charge on any atom is 0.193 e. The Morgan fingerprint density at radius 2 is 1.64 bits per heavy atom. The van der Waals surface area contributed by atoms with Crippen LogP contribution in [0.25, 0.3) is 0 Å². The second kappa shape index (κ2) is 10.3. The van der Waals surface area contributed by atoms with Crippen LogP contribution in [0.15, 0.2) is 4.99 Å². The molecular weight excluding hydrogens is 425 g/mol. The van der Waals surface area contributed by atoms with Gasteiger partial charge in [0.2, 0.25) is 0 Å². The van der Waals surface area contributed by atoms with Gasteiger partial charge in [-0.15, -0.1) is 24.0 Å². The molecule has 0 aromatic heterocycles. The van der Waals surface area contributed by atoms with Crippen molar-refractivity contribution in [1.82, 2.24) is 20.0 Å². The molecule has 0 atom stereocenters. The van der Waals surface area contributed by atoms with Crippen LogP contribution in [0.2, 0.25) is 0 Å². The number of rotatable bonds is 5. The van der Waals surface area contributed by atoms with E-state index in [0.717, 1.165) is 25.6 Å². The quantitative estimate of drug-likeness (QED) is 0.386. The Morgan fingerprint density at radius 1 is 0.960 bits per heavy atom. The molecule has 3 fully saturated rings. The summed E-state index contributed by atoms with van der Waals surface area (Å²) < 4.78 is 0. The van der Waals surface area contributed by atoms with Gasteiger partial charge in [0.1, 0.15) is 0 Å². The number of aliphatic imine (C=N–C) groups is 1. The Bertz CT molecular complexity index is 414. The highest BCUT2D eigenvalue weighted by Crippen LogP contribution is 2.45. The summed E-state index contributed by atoms with van der Waals surface area (Å²) in [6.45, 7) is 15.9. The van der Waals surface area contributed by atoms with E-state index in [1.165, 1.54) is 77.9 Å². The third-order valence-corrected chi connectivity index (χ3v) is 6.33. The van der Waals surface area contributed by atoms with Crippen molar-refractivity contribution in [2.24, 2.45) is 10.4 Å². The van der Waals surface area contributed by atoms with E-state index in [2.05, 4.69) is 33.9 Å². The molecule has 1 saturated carbocycles. The number of nitrogens with zero attached hydrogens (tertiary/aromatic N) is 4. The molecule has 6 heteroatoms. The van der Waals surface area contributed by atoms with Crippen molar-refractivity contribution < 1.29 is 0 Å². The first-order chi connectivity index (χ1) is 11.7. The van der Waals surface area contributed by atoms with Crippen LogP contribution < -0.4 is 5.32 Å². The molecule has 2 saturated heterocycles. The molecule has 0 aromatic rings. The van der Waals surface area contributed by atoms with E-state index in [0.29, 0.717) is 5.41 Å². The zero-order valence-electron chi connectivity index (χ0n) is 16.3. The Labute approximate surface area is 171 Å². The minimum Gasteiger partial charge on any atom is -0.357 e. The second-order valence-electron chi connectivity index (χ2n) is 7.89. The van der Waals surface area contributed by atoms with Gasteiger partial charge in [-0.05, 0) is 38.1 Å². The highest BCUT2D eigenvalue weighted by Gasteiger charge is 2.41. The van der Waals surface area contributed by atoms with E-state index < -0.39 is 0 Å². The second-order valence-corrected chi connectivity index (χ2v) is 7.89. The first-order valence-corrected chi connectivity index (χ1v) is 10.2. The molecule has 3 aliphatic rings. The van der Waals surface area contributed by atoms with E-state index in [9.17, 15) is 0 Å². The van der Waals surface area contributed by atoms with Crippen LogP contribution in [-0.2, 0) is 0 Å². The zero-order chi connectivity index (χ0) is 16.8. The van der Waals surface area contributed by atoms with Crippen LogP contribution in [0, 0.1) is 5.41 Å². The number of nitrogens with one attached hydrogen (secondary N) is 1. The third-order valence-electron chi connectivity index (χ3n) is 6.33. The van der Waals surface area contributed by atoms with E-state index in [-0.39, 0.29) is 24.0 Å². The molecule has 0 radical (unpaired) electrons. The number of piperazine rings is 1. The summed E-state index contributed by atoms with van der Waals surface area (Å²) in [5.41, 5.74) is 0.618. The maximum atomic E-state index is 4.96. The molecule has 0 aromatic carbocycles. The molecule has 2 aliphatic heterocycles. The molecule has 0 bridgehead atoms. The first kappa shape index (κ1) is 21.2. The minimum absolute atomic E-state index is 0. The molecule has 25 heavy (non-hydrogen) atoms. The van der Waals surface area contributed by atoms with Crippen LogP contribution in [0.3, 0.4) is 0 Å². The fourth-order valence-corrected chi connectivity index (χ4v) is 4.70. The summed E-state index contributed by atoms with van der Waals surface area (Å²) in [7, 11) is 0. The van der Waals surface area contributed by atoms with Gasteiger partial charge in [0.05, 0.1) is 6.54 Å². The van der Waals surface area contributed by atoms with Crippen LogP contribution in [0.1, 0.15) is 46.0 Å². The summed E-state index contributed by atoms with van der Waals surface area (Å²) in [6, 6.07) is 0. The van der Waals surface area contributed by atoms with Gasteiger partial charge >= 0.3 is 0 Å². The molecule has 2 heterocycles. The molecule has 0 amide bonds. The van der Waals surface area contributed by atoms with E-state index in [1.807, 2.05) is 0 Å². The van der Waals surface area contributed by atoms with E-state index >= 15 is 0 Å². The van der Waals surface area contributed by atoms with Crippen molar-refractivity contribution >= 4 is 29.9 Å². The maximum absolute atomic E-state index is 4.96.